The molecule has 0 saturated heterocycles. The lowest BCUT2D eigenvalue weighted by molar-refractivity contribution is -0.142. The molecule has 0 fully saturated rings. The SMILES string of the molecule is CC(C)CNC(=O)[C@@H](C)N(Cc1ccccc1F)C(=O)COc1ccc(I)cc1. The van der Waals surface area contributed by atoms with Gasteiger partial charge in [-0.3, -0.25) is 9.59 Å². The molecule has 0 aliphatic rings. The van der Waals surface area contributed by atoms with Crippen LogP contribution in [-0.2, 0) is 16.1 Å². The lowest BCUT2D eigenvalue weighted by Gasteiger charge is -2.29. The number of rotatable bonds is 9. The predicted molar refractivity (Wildman–Crippen MR) is 119 cm³/mol. The average molecular weight is 512 g/mol. The summed E-state index contributed by atoms with van der Waals surface area (Å²) >= 11 is 2.18. The summed E-state index contributed by atoms with van der Waals surface area (Å²) in [6, 6.07) is 12.8. The normalized spacial score (nSPS) is 11.8. The van der Waals surface area contributed by atoms with Gasteiger partial charge < -0.3 is 15.0 Å². The van der Waals surface area contributed by atoms with Gasteiger partial charge in [-0.25, -0.2) is 4.39 Å². The van der Waals surface area contributed by atoms with Crippen molar-refractivity contribution in [3.05, 3.63) is 63.5 Å². The van der Waals surface area contributed by atoms with Gasteiger partial charge in [0.2, 0.25) is 5.91 Å². The molecule has 0 unspecified atom stereocenters. The molecule has 29 heavy (non-hydrogen) atoms. The van der Waals surface area contributed by atoms with Crippen LogP contribution in [0.3, 0.4) is 0 Å². The number of nitrogens with zero attached hydrogens (tertiary/aromatic N) is 1. The molecular formula is C22H26FIN2O3. The number of nitrogens with one attached hydrogen (secondary N) is 1. The van der Waals surface area contributed by atoms with Crippen molar-refractivity contribution in [1.82, 2.24) is 10.2 Å². The molecule has 1 atom stereocenters. The van der Waals surface area contributed by atoms with Crippen LogP contribution in [0.25, 0.3) is 0 Å². The van der Waals surface area contributed by atoms with Crippen LogP contribution in [-0.4, -0.2) is 35.9 Å². The van der Waals surface area contributed by atoms with Crippen LogP contribution in [0.4, 0.5) is 4.39 Å². The van der Waals surface area contributed by atoms with Crippen LogP contribution >= 0.6 is 22.6 Å². The van der Waals surface area contributed by atoms with Crippen LogP contribution < -0.4 is 10.1 Å². The Morgan fingerprint density at radius 2 is 1.76 bits per heavy atom. The third kappa shape index (κ3) is 7.30. The lowest BCUT2D eigenvalue weighted by atomic mass is 10.1. The number of hydrogen-bond acceptors (Lipinski definition) is 3. The highest BCUT2D eigenvalue weighted by Crippen LogP contribution is 2.16. The summed E-state index contributed by atoms with van der Waals surface area (Å²) in [7, 11) is 0. The van der Waals surface area contributed by atoms with Gasteiger partial charge in [-0.2, -0.15) is 0 Å². The highest BCUT2D eigenvalue weighted by atomic mass is 127. The summed E-state index contributed by atoms with van der Waals surface area (Å²) in [6.07, 6.45) is 0. The number of carbonyl (C=O) groups is 2. The van der Waals surface area contributed by atoms with E-state index in [1.807, 2.05) is 26.0 Å². The summed E-state index contributed by atoms with van der Waals surface area (Å²) in [6.45, 7) is 5.86. The molecule has 0 saturated carbocycles. The fraction of sp³-hybridized carbons (Fsp3) is 0.364. The van der Waals surface area contributed by atoms with Crippen LogP contribution in [0, 0.1) is 15.3 Å². The minimum Gasteiger partial charge on any atom is -0.484 e. The zero-order valence-corrected chi connectivity index (χ0v) is 19.0. The van der Waals surface area contributed by atoms with E-state index in [0.29, 0.717) is 17.9 Å². The van der Waals surface area contributed by atoms with Gasteiger partial charge in [-0.05, 0) is 65.8 Å². The van der Waals surface area contributed by atoms with Crippen molar-refractivity contribution in [2.75, 3.05) is 13.2 Å². The van der Waals surface area contributed by atoms with Gasteiger partial charge in [0.05, 0.1) is 0 Å². The fourth-order valence-corrected chi connectivity index (χ4v) is 2.96. The smallest absolute Gasteiger partial charge is 0.261 e. The predicted octanol–water partition coefficient (Wildman–Crippen LogP) is 4.00. The zero-order chi connectivity index (χ0) is 21.4. The largest absolute Gasteiger partial charge is 0.484 e. The standard InChI is InChI=1S/C22H26FIN2O3/c1-15(2)12-25-22(28)16(3)26(13-17-6-4-5-7-20(17)23)21(27)14-29-19-10-8-18(24)9-11-19/h4-11,15-16H,12-14H2,1-3H3,(H,25,28)/t16-/m1/s1. The number of carbonyl (C=O) groups excluding carboxylic acids is 2. The third-order valence-electron chi connectivity index (χ3n) is 4.33. The monoisotopic (exact) mass is 512 g/mol. The van der Waals surface area contributed by atoms with Gasteiger partial charge in [-0.1, -0.05) is 32.0 Å². The first kappa shape index (κ1) is 23.1. The van der Waals surface area contributed by atoms with E-state index in [1.54, 1.807) is 37.3 Å². The Kier molecular flexibility index (Phi) is 8.88. The first-order chi connectivity index (χ1) is 13.8. The summed E-state index contributed by atoms with van der Waals surface area (Å²) in [5.74, 6) is -0.247. The molecule has 0 aromatic heterocycles. The summed E-state index contributed by atoms with van der Waals surface area (Å²) in [5, 5.41) is 2.83. The van der Waals surface area contributed by atoms with E-state index in [2.05, 4.69) is 27.9 Å². The molecule has 2 amide bonds. The van der Waals surface area contributed by atoms with Crippen molar-refractivity contribution in [2.45, 2.75) is 33.4 Å². The molecular weight excluding hydrogens is 486 g/mol. The van der Waals surface area contributed by atoms with Crippen LogP contribution in [0.15, 0.2) is 48.5 Å². The highest BCUT2D eigenvalue weighted by Gasteiger charge is 2.27. The maximum absolute atomic E-state index is 14.1. The molecule has 5 nitrogen and oxygen atoms in total. The first-order valence-corrected chi connectivity index (χ1v) is 10.5. The molecule has 0 aliphatic carbocycles. The number of hydrogen-bond donors (Lipinski definition) is 1. The van der Waals surface area contributed by atoms with Crippen LogP contribution in [0.2, 0.25) is 0 Å². The Bertz CT molecular complexity index is 827. The molecule has 0 aliphatic heterocycles. The molecule has 2 aromatic carbocycles. The molecule has 2 aromatic rings. The van der Waals surface area contributed by atoms with E-state index in [9.17, 15) is 14.0 Å². The quantitative estimate of drug-likeness (QED) is 0.517. The van der Waals surface area contributed by atoms with Gasteiger partial charge in [-0.15, -0.1) is 0 Å². The van der Waals surface area contributed by atoms with E-state index in [0.717, 1.165) is 3.57 Å². The molecule has 2 rings (SSSR count). The minimum atomic E-state index is -0.763. The second-order valence-electron chi connectivity index (χ2n) is 7.17. The molecule has 156 valence electrons. The second-order valence-corrected chi connectivity index (χ2v) is 8.42. The topological polar surface area (TPSA) is 58.6 Å². The Balaban J connectivity index is 2.13. The number of amides is 2. The third-order valence-corrected chi connectivity index (χ3v) is 5.05. The maximum atomic E-state index is 14.1. The Morgan fingerprint density at radius 3 is 2.38 bits per heavy atom. The van der Waals surface area contributed by atoms with Crippen LogP contribution in [0.1, 0.15) is 26.3 Å². The molecule has 0 heterocycles. The van der Waals surface area contributed by atoms with Crippen molar-refractivity contribution in [2.24, 2.45) is 5.92 Å². The van der Waals surface area contributed by atoms with Crippen molar-refractivity contribution >= 4 is 34.4 Å². The average Bonchev–Trinajstić information content (AvgIpc) is 2.70. The van der Waals surface area contributed by atoms with Gasteiger partial charge in [0, 0.05) is 22.2 Å². The van der Waals surface area contributed by atoms with Gasteiger partial charge >= 0.3 is 0 Å². The zero-order valence-electron chi connectivity index (χ0n) is 16.8. The Hall–Kier alpha value is -2.16. The number of ether oxygens (including phenoxy) is 1. The van der Waals surface area contributed by atoms with Gasteiger partial charge in [0.1, 0.15) is 17.6 Å². The van der Waals surface area contributed by atoms with E-state index in [-0.39, 0.29) is 30.9 Å². The maximum Gasteiger partial charge on any atom is 0.261 e. The molecule has 1 N–H and O–H groups in total. The summed E-state index contributed by atoms with van der Waals surface area (Å²) in [5.41, 5.74) is 0.346. The Morgan fingerprint density at radius 1 is 1.10 bits per heavy atom. The minimum absolute atomic E-state index is 0.0161. The molecule has 0 radical (unpaired) electrons. The van der Waals surface area contributed by atoms with Gasteiger partial charge in [0.25, 0.3) is 5.91 Å². The molecule has 0 bridgehead atoms. The van der Waals surface area contributed by atoms with Crippen LogP contribution in [0.5, 0.6) is 5.75 Å². The number of halogens is 2. The van der Waals surface area contributed by atoms with Gasteiger partial charge in [0.15, 0.2) is 6.61 Å². The van der Waals surface area contributed by atoms with E-state index < -0.39 is 11.9 Å². The Labute approximate surface area is 184 Å². The summed E-state index contributed by atoms with van der Waals surface area (Å²) < 4.78 is 20.8. The highest BCUT2D eigenvalue weighted by molar-refractivity contribution is 14.1. The number of benzene rings is 2. The fourth-order valence-electron chi connectivity index (χ4n) is 2.60. The van der Waals surface area contributed by atoms with Crippen molar-refractivity contribution in [3.8, 4) is 5.75 Å². The van der Waals surface area contributed by atoms with Crippen molar-refractivity contribution < 1.29 is 18.7 Å². The van der Waals surface area contributed by atoms with E-state index in [4.69, 9.17) is 4.74 Å². The lowest BCUT2D eigenvalue weighted by Crippen LogP contribution is -2.49. The molecule has 0 spiro atoms. The van der Waals surface area contributed by atoms with E-state index in [1.165, 1.54) is 11.0 Å². The second kappa shape index (κ2) is 11.1. The molecule has 7 heteroatoms. The van der Waals surface area contributed by atoms with E-state index >= 15 is 0 Å². The van der Waals surface area contributed by atoms with Crippen molar-refractivity contribution in [1.29, 1.82) is 0 Å². The first-order valence-electron chi connectivity index (χ1n) is 9.47. The van der Waals surface area contributed by atoms with Crippen molar-refractivity contribution in [3.63, 3.8) is 0 Å². The summed E-state index contributed by atoms with van der Waals surface area (Å²) in [4.78, 5) is 26.8.